The first-order valence-electron chi connectivity index (χ1n) is 8.75. The Labute approximate surface area is 169 Å². The van der Waals surface area contributed by atoms with E-state index in [4.69, 9.17) is 17.0 Å². The highest BCUT2D eigenvalue weighted by molar-refractivity contribution is 7.80. The first-order chi connectivity index (χ1) is 13.6. The highest BCUT2D eigenvalue weighted by Gasteiger charge is 2.12. The van der Waals surface area contributed by atoms with Gasteiger partial charge in [-0.3, -0.25) is 4.79 Å². The number of benzene rings is 3. The molecule has 28 heavy (non-hydrogen) atoms. The van der Waals surface area contributed by atoms with Crippen molar-refractivity contribution in [3.05, 3.63) is 83.9 Å². The van der Waals surface area contributed by atoms with Gasteiger partial charge in [0.25, 0.3) is 5.91 Å². The molecular formula is C22H21N3O2S. The third kappa shape index (κ3) is 4.86. The van der Waals surface area contributed by atoms with Crippen LogP contribution in [0.4, 0.5) is 17.1 Å². The molecule has 142 valence electrons. The molecule has 0 saturated carbocycles. The van der Waals surface area contributed by atoms with Crippen LogP contribution in [-0.4, -0.2) is 18.1 Å². The van der Waals surface area contributed by atoms with Crippen LogP contribution in [0.25, 0.3) is 0 Å². The van der Waals surface area contributed by atoms with Gasteiger partial charge in [0.05, 0.1) is 12.8 Å². The van der Waals surface area contributed by atoms with Crippen molar-refractivity contribution in [1.29, 1.82) is 0 Å². The molecule has 0 radical (unpaired) electrons. The number of nitrogens with one attached hydrogen (secondary N) is 3. The van der Waals surface area contributed by atoms with E-state index in [2.05, 4.69) is 16.0 Å². The smallest absolute Gasteiger partial charge is 0.255 e. The van der Waals surface area contributed by atoms with Crippen LogP contribution < -0.4 is 20.7 Å². The van der Waals surface area contributed by atoms with Gasteiger partial charge in [-0.25, -0.2) is 0 Å². The van der Waals surface area contributed by atoms with E-state index in [9.17, 15) is 4.79 Å². The number of rotatable bonds is 5. The predicted octanol–water partition coefficient (Wildman–Crippen LogP) is 5.06. The maximum absolute atomic E-state index is 12.6. The van der Waals surface area contributed by atoms with Gasteiger partial charge in [0.15, 0.2) is 5.11 Å². The molecule has 6 heteroatoms. The molecule has 3 rings (SSSR count). The van der Waals surface area contributed by atoms with E-state index in [1.165, 1.54) is 0 Å². The van der Waals surface area contributed by atoms with E-state index < -0.39 is 0 Å². The number of hydrogen-bond acceptors (Lipinski definition) is 3. The summed E-state index contributed by atoms with van der Waals surface area (Å²) >= 11 is 5.42. The minimum atomic E-state index is -0.213. The minimum absolute atomic E-state index is 0.213. The molecule has 0 saturated heterocycles. The van der Waals surface area contributed by atoms with Crippen LogP contribution in [0, 0.1) is 6.92 Å². The summed E-state index contributed by atoms with van der Waals surface area (Å²) in [5.41, 5.74) is 3.82. The summed E-state index contributed by atoms with van der Waals surface area (Å²) in [6.45, 7) is 2.00. The molecule has 0 spiro atoms. The van der Waals surface area contributed by atoms with Gasteiger partial charge in [0.1, 0.15) is 5.75 Å². The first kappa shape index (κ1) is 19.4. The second-order valence-electron chi connectivity index (χ2n) is 6.13. The van der Waals surface area contributed by atoms with Gasteiger partial charge in [0, 0.05) is 16.9 Å². The number of carbonyl (C=O) groups is 1. The molecule has 0 atom stereocenters. The van der Waals surface area contributed by atoms with E-state index in [1.54, 1.807) is 25.3 Å². The van der Waals surface area contributed by atoms with Gasteiger partial charge in [-0.15, -0.1) is 0 Å². The number of hydrogen-bond donors (Lipinski definition) is 3. The zero-order chi connectivity index (χ0) is 19.9. The summed E-state index contributed by atoms with van der Waals surface area (Å²) < 4.78 is 5.39. The molecule has 0 aromatic heterocycles. The fraction of sp³-hybridized carbons (Fsp3) is 0.0909. The number of carbonyl (C=O) groups excluding carboxylic acids is 1. The van der Waals surface area contributed by atoms with Crippen LogP contribution in [0.5, 0.6) is 5.75 Å². The standard InChI is InChI=1S/C22H21N3O2S/c1-15-8-6-7-11-18(15)24-22(28)25-19-14-16(12-13-20(19)27-2)21(26)23-17-9-4-3-5-10-17/h3-14H,1-2H3,(H,23,26)(H2,24,25,28). The summed E-state index contributed by atoms with van der Waals surface area (Å²) in [5.74, 6) is 0.375. The van der Waals surface area contributed by atoms with Crippen molar-refractivity contribution in [3.63, 3.8) is 0 Å². The van der Waals surface area contributed by atoms with Crippen molar-refractivity contribution >= 4 is 40.3 Å². The quantitative estimate of drug-likeness (QED) is 0.530. The fourth-order valence-corrected chi connectivity index (χ4v) is 2.88. The van der Waals surface area contributed by atoms with Crippen LogP contribution in [0.2, 0.25) is 0 Å². The fourth-order valence-electron chi connectivity index (χ4n) is 2.66. The Morgan fingerprint density at radius 1 is 0.857 bits per heavy atom. The lowest BCUT2D eigenvalue weighted by Crippen LogP contribution is -2.20. The lowest BCUT2D eigenvalue weighted by Gasteiger charge is -2.15. The minimum Gasteiger partial charge on any atom is -0.495 e. The van der Waals surface area contributed by atoms with Crippen molar-refractivity contribution in [1.82, 2.24) is 0 Å². The van der Waals surface area contributed by atoms with E-state index in [0.717, 1.165) is 16.9 Å². The average Bonchev–Trinajstić information content (AvgIpc) is 2.70. The third-order valence-electron chi connectivity index (χ3n) is 4.13. The normalized spacial score (nSPS) is 10.1. The van der Waals surface area contributed by atoms with Crippen LogP contribution in [-0.2, 0) is 0 Å². The van der Waals surface area contributed by atoms with E-state index in [1.807, 2.05) is 61.5 Å². The van der Waals surface area contributed by atoms with Crippen molar-refractivity contribution in [3.8, 4) is 5.75 Å². The Bertz CT molecular complexity index is 990. The van der Waals surface area contributed by atoms with Gasteiger partial charge in [0.2, 0.25) is 0 Å². The first-order valence-corrected chi connectivity index (χ1v) is 9.15. The maximum atomic E-state index is 12.6. The molecule has 0 aliphatic heterocycles. The number of ether oxygens (including phenoxy) is 1. The summed E-state index contributed by atoms with van der Waals surface area (Å²) in [4.78, 5) is 12.6. The molecule has 3 N–H and O–H groups in total. The van der Waals surface area contributed by atoms with Crippen LogP contribution in [0.3, 0.4) is 0 Å². The van der Waals surface area contributed by atoms with Crippen LogP contribution >= 0.6 is 12.2 Å². The molecule has 5 nitrogen and oxygen atoms in total. The topological polar surface area (TPSA) is 62.4 Å². The number of amides is 1. The van der Waals surface area contributed by atoms with Crippen LogP contribution in [0.15, 0.2) is 72.8 Å². The van der Waals surface area contributed by atoms with Crippen molar-refractivity contribution in [2.45, 2.75) is 6.92 Å². The number of methoxy groups -OCH3 is 1. The lowest BCUT2D eigenvalue weighted by molar-refractivity contribution is 0.102. The second-order valence-corrected chi connectivity index (χ2v) is 6.54. The molecule has 0 aliphatic carbocycles. The summed E-state index contributed by atoms with van der Waals surface area (Å²) in [6.07, 6.45) is 0. The third-order valence-corrected chi connectivity index (χ3v) is 4.34. The zero-order valence-electron chi connectivity index (χ0n) is 15.7. The molecule has 0 unspecified atom stereocenters. The van der Waals surface area contributed by atoms with Gasteiger partial charge >= 0.3 is 0 Å². The van der Waals surface area contributed by atoms with Gasteiger partial charge in [-0.2, -0.15) is 0 Å². The molecule has 1 amide bonds. The molecule has 3 aromatic rings. The molecule has 0 heterocycles. The van der Waals surface area contributed by atoms with Gasteiger partial charge in [-0.05, 0) is 61.1 Å². The number of thiocarbonyl (C=S) groups is 1. The molecule has 0 fully saturated rings. The molecule has 0 bridgehead atoms. The second kappa shape index (κ2) is 9.01. The summed E-state index contributed by atoms with van der Waals surface area (Å²) in [5, 5.41) is 9.55. The van der Waals surface area contributed by atoms with Gasteiger partial charge in [-0.1, -0.05) is 36.4 Å². The van der Waals surface area contributed by atoms with Crippen molar-refractivity contribution < 1.29 is 9.53 Å². The Morgan fingerprint density at radius 3 is 2.25 bits per heavy atom. The lowest BCUT2D eigenvalue weighted by atomic mass is 10.1. The predicted molar refractivity (Wildman–Crippen MR) is 118 cm³/mol. The van der Waals surface area contributed by atoms with E-state index >= 15 is 0 Å². The number of para-hydroxylation sites is 2. The van der Waals surface area contributed by atoms with Crippen molar-refractivity contribution in [2.75, 3.05) is 23.1 Å². The Morgan fingerprint density at radius 2 is 1.54 bits per heavy atom. The molecular weight excluding hydrogens is 370 g/mol. The van der Waals surface area contributed by atoms with E-state index in [-0.39, 0.29) is 5.91 Å². The zero-order valence-corrected chi connectivity index (χ0v) is 16.5. The van der Waals surface area contributed by atoms with Crippen molar-refractivity contribution in [2.24, 2.45) is 0 Å². The average molecular weight is 391 g/mol. The highest BCUT2D eigenvalue weighted by Crippen LogP contribution is 2.26. The Hall–Kier alpha value is -3.38. The Balaban J connectivity index is 1.76. The maximum Gasteiger partial charge on any atom is 0.255 e. The monoisotopic (exact) mass is 391 g/mol. The number of anilines is 3. The Kier molecular flexibility index (Phi) is 6.24. The molecule has 3 aromatic carbocycles. The molecule has 0 aliphatic rings. The number of aryl methyl sites for hydroxylation is 1. The van der Waals surface area contributed by atoms with Gasteiger partial charge < -0.3 is 20.7 Å². The summed E-state index contributed by atoms with van der Waals surface area (Å²) in [6, 6.07) is 22.3. The summed E-state index contributed by atoms with van der Waals surface area (Å²) in [7, 11) is 1.57. The van der Waals surface area contributed by atoms with Crippen LogP contribution in [0.1, 0.15) is 15.9 Å². The van der Waals surface area contributed by atoms with E-state index in [0.29, 0.717) is 22.1 Å². The SMILES string of the molecule is COc1ccc(C(=O)Nc2ccccc2)cc1NC(=S)Nc1ccccc1C. The largest absolute Gasteiger partial charge is 0.495 e. The highest BCUT2D eigenvalue weighted by atomic mass is 32.1.